The van der Waals surface area contributed by atoms with Crippen molar-refractivity contribution in [2.75, 3.05) is 12.4 Å². The summed E-state index contributed by atoms with van der Waals surface area (Å²) in [5.74, 6) is -1.30. The summed E-state index contributed by atoms with van der Waals surface area (Å²) in [4.78, 5) is 37.3. The molecule has 1 unspecified atom stereocenters. The average Bonchev–Trinajstić information content (AvgIpc) is 3.25. The number of ketones is 1. The van der Waals surface area contributed by atoms with Gasteiger partial charge in [0.15, 0.2) is 5.78 Å². The number of ether oxygens (including phenoxy) is 1. The number of nitro groups is 1. The van der Waals surface area contributed by atoms with Crippen LogP contribution in [-0.2, 0) is 9.53 Å². The van der Waals surface area contributed by atoms with E-state index < -0.39 is 22.7 Å². The first-order chi connectivity index (χ1) is 14.9. The van der Waals surface area contributed by atoms with Crippen LogP contribution in [0.3, 0.4) is 0 Å². The highest BCUT2D eigenvalue weighted by molar-refractivity contribution is 6.15. The minimum Gasteiger partial charge on any atom is -0.464 e. The highest BCUT2D eigenvalue weighted by atomic mass is 16.6. The third-order valence-electron chi connectivity index (χ3n) is 4.89. The molecule has 1 aromatic heterocycles. The number of carbonyl (C=O) groups excluding carboxylic acids is 2. The second kappa shape index (κ2) is 7.78. The molecule has 0 saturated carbocycles. The molecule has 1 N–H and O–H groups in total. The van der Waals surface area contributed by atoms with Gasteiger partial charge in [-0.2, -0.15) is 4.68 Å². The number of aryl methyl sites for hydroxylation is 1. The first-order valence-electron chi connectivity index (χ1n) is 9.14. The molecule has 1 aliphatic rings. The minimum absolute atomic E-state index is 0.0454. The summed E-state index contributed by atoms with van der Waals surface area (Å²) in [5, 5.41) is 25.8. The first-order valence-corrected chi connectivity index (χ1v) is 9.14. The van der Waals surface area contributed by atoms with Crippen molar-refractivity contribution in [1.82, 2.24) is 20.2 Å². The number of nitrogens with zero attached hydrogens (tertiary/aromatic N) is 5. The van der Waals surface area contributed by atoms with Crippen LogP contribution in [0.2, 0.25) is 0 Å². The van der Waals surface area contributed by atoms with Crippen molar-refractivity contribution in [3.05, 3.63) is 86.6 Å². The number of hydrogen-bond acceptors (Lipinski definition) is 9. The summed E-state index contributed by atoms with van der Waals surface area (Å²) < 4.78 is 6.09. The number of allylic oxidation sites excluding steroid dienone is 1. The Balaban J connectivity index is 2.00. The molecule has 1 aliphatic heterocycles. The third kappa shape index (κ3) is 3.41. The Morgan fingerprint density at radius 2 is 1.87 bits per heavy atom. The number of nitro benzene ring substituents is 1. The number of fused-ring (bicyclic) bond motifs is 1. The van der Waals surface area contributed by atoms with E-state index in [1.54, 1.807) is 30.3 Å². The fraction of sp³-hybridized carbons (Fsp3) is 0.150. The third-order valence-corrected chi connectivity index (χ3v) is 4.89. The molecule has 3 aromatic rings. The fourth-order valence-electron chi connectivity index (χ4n) is 3.42. The number of nitrogens with one attached hydrogen (secondary N) is 1. The molecular weight excluding hydrogens is 404 g/mol. The van der Waals surface area contributed by atoms with E-state index in [0.717, 1.165) is 5.56 Å². The molecule has 1 atom stereocenters. The predicted molar refractivity (Wildman–Crippen MR) is 107 cm³/mol. The Morgan fingerprint density at radius 1 is 1.16 bits per heavy atom. The number of hydrogen-bond donors (Lipinski definition) is 1. The monoisotopic (exact) mass is 420 g/mol. The first kappa shape index (κ1) is 19.9. The quantitative estimate of drug-likeness (QED) is 0.284. The predicted octanol–water partition coefficient (Wildman–Crippen LogP) is 2.21. The zero-order chi connectivity index (χ0) is 22.1. The number of carbonyl (C=O) groups is 2. The maximum absolute atomic E-state index is 13.6. The maximum atomic E-state index is 13.6. The van der Waals surface area contributed by atoms with E-state index in [9.17, 15) is 19.7 Å². The topological polar surface area (TPSA) is 142 Å². The lowest BCUT2D eigenvalue weighted by molar-refractivity contribution is -0.385. The molecule has 0 bridgehead atoms. The number of rotatable bonds is 5. The summed E-state index contributed by atoms with van der Waals surface area (Å²) in [6, 6.07) is 11.5. The van der Waals surface area contributed by atoms with Gasteiger partial charge < -0.3 is 10.1 Å². The van der Waals surface area contributed by atoms with Crippen LogP contribution in [0.15, 0.2) is 59.8 Å². The summed E-state index contributed by atoms with van der Waals surface area (Å²) >= 11 is 0. The molecular formula is C20H16N6O5. The lowest BCUT2D eigenvalue weighted by Crippen LogP contribution is -2.33. The Labute approximate surface area is 175 Å². The highest BCUT2D eigenvalue weighted by Gasteiger charge is 2.41. The zero-order valence-corrected chi connectivity index (χ0v) is 16.5. The van der Waals surface area contributed by atoms with Crippen LogP contribution in [0.5, 0.6) is 0 Å². The van der Waals surface area contributed by atoms with Crippen LogP contribution < -0.4 is 5.32 Å². The second-order valence-corrected chi connectivity index (χ2v) is 6.77. The van der Waals surface area contributed by atoms with Crippen molar-refractivity contribution in [1.29, 1.82) is 0 Å². The second-order valence-electron chi connectivity index (χ2n) is 6.77. The molecule has 2 heterocycles. The van der Waals surface area contributed by atoms with Crippen LogP contribution in [0, 0.1) is 17.0 Å². The van der Waals surface area contributed by atoms with Crippen LogP contribution >= 0.6 is 0 Å². The van der Waals surface area contributed by atoms with Crippen molar-refractivity contribution in [2.45, 2.75) is 13.0 Å². The molecule has 11 nitrogen and oxygen atoms in total. The number of methoxy groups -OCH3 is 1. The van der Waals surface area contributed by atoms with E-state index in [4.69, 9.17) is 4.74 Å². The molecule has 2 aromatic carbocycles. The van der Waals surface area contributed by atoms with E-state index in [2.05, 4.69) is 20.8 Å². The molecule has 0 radical (unpaired) electrons. The molecule has 0 amide bonds. The molecule has 11 heteroatoms. The fourth-order valence-corrected chi connectivity index (χ4v) is 3.42. The molecule has 0 fully saturated rings. The Hall–Kier alpha value is -4.41. The normalized spacial score (nSPS) is 15.1. The van der Waals surface area contributed by atoms with Gasteiger partial charge >= 0.3 is 5.97 Å². The minimum atomic E-state index is -1.13. The van der Waals surface area contributed by atoms with Crippen LogP contribution in [0.1, 0.15) is 27.5 Å². The Bertz CT molecular complexity index is 1230. The van der Waals surface area contributed by atoms with Crippen molar-refractivity contribution in [3.63, 3.8) is 0 Å². The van der Waals surface area contributed by atoms with E-state index in [1.165, 1.54) is 30.0 Å². The lowest BCUT2D eigenvalue weighted by atomic mass is 9.88. The van der Waals surface area contributed by atoms with Gasteiger partial charge in [-0.15, -0.1) is 0 Å². The van der Waals surface area contributed by atoms with E-state index in [0.29, 0.717) is 5.56 Å². The molecule has 31 heavy (non-hydrogen) atoms. The van der Waals surface area contributed by atoms with Gasteiger partial charge in [0.05, 0.1) is 23.2 Å². The summed E-state index contributed by atoms with van der Waals surface area (Å²) in [6.07, 6.45) is 0. The highest BCUT2D eigenvalue weighted by Crippen LogP contribution is 2.39. The standard InChI is InChI=1S/C20H16N6O5/c1-11-7-9-12(10-8-11)18(27)15-16(19(28)31-2)21-20-22-23-24-25(20)17(15)13-5-3-4-6-14(13)26(29)30/h3-10,17H,1-2H3,(H,21,22,24). The largest absolute Gasteiger partial charge is 0.464 e. The van der Waals surface area contributed by atoms with Gasteiger partial charge in [0.1, 0.15) is 11.7 Å². The number of para-hydroxylation sites is 1. The van der Waals surface area contributed by atoms with Crippen LogP contribution in [0.4, 0.5) is 11.6 Å². The van der Waals surface area contributed by atoms with Crippen molar-refractivity contribution in [3.8, 4) is 0 Å². The molecule has 156 valence electrons. The summed E-state index contributed by atoms with van der Waals surface area (Å²) in [7, 11) is 1.17. The zero-order valence-electron chi connectivity index (χ0n) is 16.5. The SMILES string of the molecule is COC(=O)C1=C(C(=O)c2ccc(C)cc2)C(c2ccccc2[N+](=O)[O-])n2nnnc2N1. The summed E-state index contributed by atoms with van der Waals surface area (Å²) in [5.41, 5.74) is 0.902. The Kier molecular flexibility index (Phi) is 4.99. The Morgan fingerprint density at radius 3 is 2.55 bits per heavy atom. The van der Waals surface area contributed by atoms with Gasteiger partial charge in [-0.1, -0.05) is 47.1 Å². The molecule has 0 aliphatic carbocycles. The number of Topliss-reactive ketones (excluding diaryl/α,β-unsaturated/α-hetero) is 1. The number of tetrazole rings is 1. The van der Waals surface area contributed by atoms with Gasteiger partial charge in [-0.3, -0.25) is 14.9 Å². The smallest absolute Gasteiger partial charge is 0.355 e. The number of esters is 1. The molecule has 0 saturated heterocycles. The van der Waals surface area contributed by atoms with Gasteiger partial charge in [0.25, 0.3) is 5.69 Å². The number of benzene rings is 2. The average molecular weight is 420 g/mol. The number of anilines is 1. The van der Waals surface area contributed by atoms with Crippen molar-refractivity contribution < 1.29 is 19.2 Å². The van der Waals surface area contributed by atoms with Crippen molar-refractivity contribution in [2.24, 2.45) is 0 Å². The molecule has 0 spiro atoms. The van der Waals surface area contributed by atoms with Gasteiger partial charge in [-0.05, 0) is 23.4 Å². The van der Waals surface area contributed by atoms with Gasteiger partial charge in [-0.25, -0.2) is 4.79 Å². The van der Waals surface area contributed by atoms with E-state index in [1.807, 2.05) is 6.92 Å². The maximum Gasteiger partial charge on any atom is 0.355 e. The van der Waals surface area contributed by atoms with Gasteiger partial charge in [0.2, 0.25) is 5.95 Å². The van der Waals surface area contributed by atoms with Crippen molar-refractivity contribution >= 4 is 23.4 Å². The molecule has 4 rings (SSSR count). The van der Waals surface area contributed by atoms with E-state index in [-0.39, 0.29) is 28.5 Å². The lowest BCUT2D eigenvalue weighted by Gasteiger charge is -2.27. The summed E-state index contributed by atoms with van der Waals surface area (Å²) in [6.45, 7) is 1.87. The van der Waals surface area contributed by atoms with Crippen LogP contribution in [0.25, 0.3) is 0 Å². The van der Waals surface area contributed by atoms with E-state index >= 15 is 0 Å². The number of aromatic nitrogens is 4. The van der Waals surface area contributed by atoms with Gasteiger partial charge in [0, 0.05) is 11.6 Å². The van der Waals surface area contributed by atoms with Crippen LogP contribution in [-0.4, -0.2) is 44.0 Å².